The van der Waals surface area contributed by atoms with E-state index < -0.39 is 0 Å². The van der Waals surface area contributed by atoms with Gasteiger partial charge in [0.05, 0.1) is 0 Å². The van der Waals surface area contributed by atoms with E-state index in [-0.39, 0.29) is 0 Å². The Morgan fingerprint density at radius 2 is 2.20 bits per heavy atom. The van der Waals surface area contributed by atoms with Crippen molar-refractivity contribution in [1.29, 1.82) is 0 Å². The molecule has 1 fully saturated rings. The number of fused-ring (bicyclic) bond motifs is 1. The normalized spacial score (nSPS) is 18.6. The van der Waals surface area contributed by atoms with E-state index in [0.29, 0.717) is 12.0 Å². The number of aromatic nitrogens is 3. The van der Waals surface area contributed by atoms with Gasteiger partial charge in [0.25, 0.3) is 0 Å². The fourth-order valence-corrected chi connectivity index (χ4v) is 2.85. The third-order valence-electron chi connectivity index (χ3n) is 4.13. The number of imidazole rings is 1. The molecule has 128 valence electrons. The number of rotatable bonds is 5. The highest BCUT2D eigenvalue weighted by molar-refractivity contribution is 5.86. The fourth-order valence-electron chi connectivity index (χ4n) is 2.85. The number of nitrogens with one attached hydrogen (secondary N) is 3. The first kappa shape index (κ1) is 15.6. The third-order valence-corrected chi connectivity index (χ3v) is 4.13. The molecule has 7 nitrogen and oxygen atoms in total. The van der Waals surface area contributed by atoms with Gasteiger partial charge in [-0.25, -0.2) is 10.4 Å². The van der Waals surface area contributed by atoms with Gasteiger partial charge in [0.2, 0.25) is 5.95 Å². The number of hydrogen-bond donors (Lipinski definition) is 3. The number of hydrazine groups is 1. The summed E-state index contributed by atoms with van der Waals surface area (Å²) in [5.74, 6) is 2.29. The van der Waals surface area contributed by atoms with E-state index in [0.717, 1.165) is 36.7 Å². The van der Waals surface area contributed by atoms with Gasteiger partial charge in [-0.1, -0.05) is 30.3 Å². The Labute approximate surface area is 146 Å². The average molecular weight is 335 g/mol. The van der Waals surface area contributed by atoms with Crippen LogP contribution in [0.25, 0.3) is 5.65 Å². The molecule has 3 aromatic rings. The number of amidine groups is 1. The number of hydrogen-bond acceptors (Lipinski definition) is 5. The molecule has 1 unspecified atom stereocenters. The summed E-state index contributed by atoms with van der Waals surface area (Å²) < 4.78 is 1.89. The SMILES string of the molecule is CC1C/C(=N\c2nc(NCCc3ccccc3)cc3nccn23)NN1. The Kier molecular flexibility index (Phi) is 4.30. The van der Waals surface area contributed by atoms with Gasteiger partial charge in [-0.05, 0) is 18.9 Å². The standard InChI is InChI=1S/C18H21N7/c1-13-11-16(24-23-13)22-18-21-15(12-17-20-9-10-25(17)18)19-8-7-14-5-3-2-4-6-14/h2-6,9-10,12-13,19,23H,7-8,11H2,1H3,(H,21,22,24). The van der Waals surface area contributed by atoms with Crippen LogP contribution in [0.5, 0.6) is 0 Å². The lowest BCUT2D eigenvalue weighted by atomic mass is 10.1. The summed E-state index contributed by atoms with van der Waals surface area (Å²) >= 11 is 0. The zero-order valence-corrected chi connectivity index (χ0v) is 14.1. The molecule has 7 heteroatoms. The zero-order chi connectivity index (χ0) is 17.1. The van der Waals surface area contributed by atoms with Crippen molar-refractivity contribution in [3.63, 3.8) is 0 Å². The maximum Gasteiger partial charge on any atom is 0.239 e. The van der Waals surface area contributed by atoms with Crippen LogP contribution in [0.2, 0.25) is 0 Å². The molecule has 1 aromatic carbocycles. The molecule has 0 spiro atoms. The molecule has 3 heterocycles. The van der Waals surface area contributed by atoms with Crippen molar-refractivity contribution in [3.8, 4) is 0 Å². The average Bonchev–Trinajstić information content (AvgIpc) is 3.25. The van der Waals surface area contributed by atoms with E-state index in [1.807, 2.05) is 22.7 Å². The smallest absolute Gasteiger partial charge is 0.239 e. The highest BCUT2D eigenvalue weighted by Gasteiger charge is 2.16. The van der Waals surface area contributed by atoms with Crippen LogP contribution in [0, 0.1) is 0 Å². The first-order valence-corrected chi connectivity index (χ1v) is 8.49. The second-order valence-electron chi connectivity index (χ2n) is 6.19. The molecule has 2 aromatic heterocycles. The lowest BCUT2D eigenvalue weighted by Crippen LogP contribution is -2.29. The largest absolute Gasteiger partial charge is 0.370 e. The first-order chi connectivity index (χ1) is 12.3. The molecule has 25 heavy (non-hydrogen) atoms. The van der Waals surface area contributed by atoms with Gasteiger partial charge in [0, 0.05) is 37.5 Å². The van der Waals surface area contributed by atoms with Gasteiger partial charge >= 0.3 is 0 Å². The van der Waals surface area contributed by atoms with Crippen LogP contribution in [0.1, 0.15) is 18.9 Å². The van der Waals surface area contributed by atoms with E-state index in [2.05, 4.69) is 62.3 Å². The van der Waals surface area contributed by atoms with Crippen molar-refractivity contribution >= 4 is 23.2 Å². The maximum atomic E-state index is 4.65. The molecule has 0 amide bonds. The first-order valence-electron chi connectivity index (χ1n) is 8.49. The number of nitrogens with zero attached hydrogens (tertiary/aromatic N) is 4. The number of anilines is 1. The van der Waals surface area contributed by atoms with E-state index in [4.69, 9.17) is 0 Å². The van der Waals surface area contributed by atoms with Crippen LogP contribution < -0.4 is 16.2 Å². The van der Waals surface area contributed by atoms with Crippen molar-refractivity contribution in [2.24, 2.45) is 4.99 Å². The monoisotopic (exact) mass is 335 g/mol. The van der Waals surface area contributed by atoms with Gasteiger partial charge in [-0.15, -0.1) is 0 Å². The zero-order valence-electron chi connectivity index (χ0n) is 14.1. The second-order valence-corrected chi connectivity index (χ2v) is 6.19. The molecular formula is C18H21N7. The molecule has 3 N–H and O–H groups in total. The van der Waals surface area contributed by atoms with Crippen LogP contribution in [0.3, 0.4) is 0 Å². The summed E-state index contributed by atoms with van der Waals surface area (Å²) in [6.07, 6.45) is 5.43. The van der Waals surface area contributed by atoms with Crippen molar-refractivity contribution in [2.45, 2.75) is 25.8 Å². The minimum atomic E-state index is 0.365. The van der Waals surface area contributed by atoms with E-state index in [9.17, 15) is 0 Å². The fraction of sp³-hybridized carbons (Fsp3) is 0.278. The summed E-state index contributed by atoms with van der Waals surface area (Å²) in [6.45, 7) is 2.91. The van der Waals surface area contributed by atoms with Gasteiger partial charge in [0.15, 0.2) is 0 Å². The summed E-state index contributed by atoms with van der Waals surface area (Å²) in [5.41, 5.74) is 8.38. The Morgan fingerprint density at radius 3 is 3.00 bits per heavy atom. The minimum absolute atomic E-state index is 0.365. The van der Waals surface area contributed by atoms with Crippen molar-refractivity contribution < 1.29 is 0 Å². The Morgan fingerprint density at radius 1 is 1.32 bits per heavy atom. The van der Waals surface area contributed by atoms with Crippen LogP contribution in [-0.4, -0.2) is 32.8 Å². The maximum absolute atomic E-state index is 4.65. The summed E-state index contributed by atoms with van der Waals surface area (Å²) in [4.78, 5) is 13.7. The topological polar surface area (TPSA) is 78.6 Å². The van der Waals surface area contributed by atoms with E-state index in [1.165, 1.54) is 5.56 Å². The summed E-state index contributed by atoms with van der Waals surface area (Å²) in [5, 5.41) is 3.38. The molecule has 0 radical (unpaired) electrons. The van der Waals surface area contributed by atoms with Gasteiger partial charge < -0.3 is 10.7 Å². The van der Waals surface area contributed by atoms with Gasteiger partial charge in [-0.2, -0.15) is 9.98 Å². The Bertz CT molecular complexity index is 885. The highest BCUT2D eigenvalue weighted by atomic mass is 15.4. The third kappa shape index (κ3) is 3.61. The quantitative estimate of drug-likeness (QED) is 0.667. The highest BCUT2D eigenvalue weighted by Crippen LogP contribution is 2.18. The summed E-state index contributed by atoms with van der Waals surface area (Å²) in [6, 6.07) is 12.7. The van der Waals surface area contributed by atoms with Crippen LogP contribution in [-0.2, 0) is 6.42 Å². The van der Waals surface area contributed by atoms with Crippen molar-refractivity contribution in [1.82, 2.24) is 25.2 Å². The van der Waals surface area contributed by atoms with Gasteiger partial charge in [-0.3, -0.25) is 4.40 Å². The van der Waals surface area contributed by atoms with Gasteiger partial charge in [0.1, 0.15) is 17.3 Å². The lowest BCUT2D eigenvalue weighted by molar-refractivity contribution is 0.602. The van der Waals surface area contributed by atoms with Crippen molar-refractivity contribution in [2.75, 3.05) is 11.9 Å². The molecule has 4 rings (SSSR count). The van der Waals surface area contributed by atoms with Crippen LogP contribution >= 0.6 is 0 Å². The number of benzene rings is 1. The lowest BCUT2D eigenvalue weighted by Gasteiger charge is -2.08. The summed E-state index contributed by atoms with van der Waals surface area (Å²) in [7, 11) is 0. The molecule has 0 bridgehead atoms. The molecule has 0 aliphatic carbocycles. The van der Waals surface area contributed by atoms with E-state index >= 15 is 0 Å². The Balaban J connectivity index is 1.53. The minimum Gasteiger partial charge on any atom is -0.370 e. The molecule has 1 saturated heterocycles. The molecule has 0 saturated carbocycles. The Hall–Kier alpha value is -2.93. The predicted octanol–water partition coefficient (Wildman–Crippen LogP) is 2.30. The second kappa shape index (κ2) is 6.90. The predicted molar refractivity (Wildman–Crippen MR) is 99.1 cm³/mol. The van der Waals surface area contributed by atoms with E-state index in [1.54, 1.807) is 6.20 Å². The van der Waals surface area contributed by atoms with Crippen LogP contribution in [0.15, 0.2) is 53.8 Å². The molecular weight excluding hydrogens is 314 g/mol. The number of aliphatic imine (C=N–C) groups is 1. The molecule has 1 atom stereocenters. The van der Waals surface area contributed by atoms with Crippen molar-refractivity contribution in [3.05, 3.63) is 54.4 Å². The van der Waals surface area contributed by atoms with Crippen LogP contribution in [0.4, 0.5) is 11.8 Å². The molecule has 1 aliphatic heterocycles. The molecule has 1 aliphatic rings.